The van der Waals surface area contributed by atoms with Crippen molar-refractivity contribution in [2.24, 2.45) is 0 Å². The summed E-state index contributed by atoms with van der Waals surface area (Å²) < 4.78 is 38.7. The molecule has 0 spiro atoms. The maximum Gasteiger partial charge on any atom is 0.416 e. The lowest BCUT2D eigenvalue weighted by Gasteiger charge is -2.27. The Labute approximate surface area is 371 Å². The molecule has 0 bridgehead atoms. The molecule has 0 aliphatic heterocycles. The van der Waals surface area contributed by atoms with E-state index in [-0.39, 0.29) is 31.8 Å². The molecule has 1 unspecified atom stereocenters. The molecule has 0 aliphatic carbocycles. The normalized spacial score (nSPS) is 11.8. The summed E-state index contributed by atoms with van der Waals surface area (Å²) in [5, 5.41) is 7.45. The third-order valence-corrected chi connectivity index (χ3v) is 9.41. The van der Waals surface area contributed by atoms with E-state index in [4.69, 9.17) is 33.2 Å². The average Bonchev–Trinajstić information content (AvgIpc) is 3.26. The van der Waals surface area contributed by atoms with E-state index in [1.54, 1.807) is 33.0 Å². The number of hydrogen-bond donors (Lipinski definition) is 2. The van der Waals surface area contributed by atoms with Crippen LogP contribution in [0.15, 0.2) is 79.0 Å². The summed E-state index contributed by atoms with van der Waals surface area (Å²) >= 11 is 0. The third-order valence-electron chi connectivity index (χ3n) is 9.41. The van der Waals surface area contributed by atoms with Gasteiger partial charge in [0.1, 0.15) is 23.8 Å². The summed E-state index contributed by atoms with van der Waals surface area (Å²) in [4.78, 5) is 57.1. The maximum atomic E-state index is 13.1. The summed E-state index contributed by atoms with van der Waals surface area (Å²) in [6.45, 7) is 13.8. The van der Waals surface area contributed by atoms with Gasteiger partial charge in [0.25, 0.3) is 0 Å². The summed E-state index contributed by atoms with van der Waals surface area (Å²) in [6.07, 6.45) is 2.26. The van der Waals surface area contributed by atoms with Gasteiger partial charge in [-0.1, -0.05) is 61.5 Å². The van der Waals surface area contributed by atoms with E-state index in [0.29, 0.717) is 70.7 Å². The van der Waals surface area contributed by atoms with Crippen LogP contribution in [0.2, 0.25) is 0 Å². The van der Waals surface area contributed by atoms with Crippen LogP contribution in [0.4, 0.5) is 10.6 Å². The van der Waals surface area contributed by atoms with Gasteiger partial charge in [-0.25, -0.2) is 9.78 Å². The van der Waals surface area contributed by atoms with Crippen molar-refractivity contribution in [2.45, 2.75) is 71.9 Å². The molecule has 0 fully saturated rings. The summed E-state index contributed by atoms with van der Waals surface area (Å²) in [7, 11) is 1.29. The minimum Gasteiger partial charge on any atom is -0.491 e. The summed E-state index contributed by atoms with van der Waals surface area (Å²) in [5.41, 5.74) is 2.80. The van der Waals surface area contributed by atoms with Gasteiger partial charge in [-0.2, -0.15) is 0 Å². The van der Waals surface area contributed by atoms with E-state index in [0.717, 1.165) is 46.2 Å². The quantitative estimate of drug-likeness (QED) is 0.0460. The van der Waals surface area contributed by atoms with E-state index in [1.807, 2.05) is 73.7 Å². The molecule has 0 saturated heterocycles. The van der Waals surface area contributed by atoms with Crippen molar-refractivity contribution in [3.05, 3.63) is 90.1 Å². The zero-order valence-corrected chi connectivity index (χ0v) is 37.6. The van der Waals surface area contributed by atoms with Gasteiger partial charge in [-0.05, 0) is 86.4 Å². The molecule has 1 heterocycles. The summed E-state index contributed by atoms with van der Waals surface area (Å²) in [6, 6.07) is 22.4. The van der Waals surface area contributed by atoms with Crippen LogP contribution in [-0.2, 0) is 42.8 Å². The zero-order chi connectivity index (χ0) is 45.5. The number of carbonyl (C=O) groups is 4. The fourth-order valence-corrected chi connectivity index (χ4v) is 6.36. The lowest BCUT2D eigenvalue weighted by molar-refractivity contribution is -0.141. The molecule has 0 radical (unpaired) electrons. The van der Waals surface area contributed by atoms with Crippen molar-refractivity contribution in [1.29, 1.82) is 0 Å². The second kappa shape index (κ2) is 26.8. The third kappa shape index (κ3) is 18.0. The van der Waals surface area contributed by atoms with Crippen LogP contribution < -0.4 is 20.3 Å². The molecular formula is C48H64N4O11. The van der Waals surface area contributed by atoms with Gasteiger partial charge < -0.3 is 43.8 Å². The number of hydrogen-bond acceptors (Lipinski definition) is 12. The molecule has 3 amide bonds. The highest BCUT2D eigenvalue weighted by atomic mass is 16.6. The first-order valence-electron chi connectivity index (χ1n) is 21.5. The van der Waals surface area contributed by atoms with Crippen molar-refractivity contribution in [1.82, 2.24) is 15.6 Å². The largest absolute Gasteiger partial charge is 0.491 e. The Kier molecular flexibility index (Phi) is 21.3. The minimum absolute atomic E-state index is 0.0468. The number of rotatable bonds is 27. The highest BCUT2D eigenvalue weighted by Gasteiger charge is 2.25. The fourth-order valence-electron chi connectivity index (χ4n) is 6.36. The van der Waals surface area contributed by atoms with Crippen molar-refractivity contribution >= 4 is 40.5 Å². The monoisotopic (exact) mass is 872 g/mol. The van der Waals surface area contributed by atoms with E-state index in [9.17, 15) is 19.2 Å². The van der Waals surface area contributed by atoms with Gasteiger partial charge in [0, 0.05) is 31.2 Å². The number of nitrogens with one attached hydrogen (secondary N) is 2. The number of benzene rings is 3. The van der Waals surface area contributed by atoms with Crippen molar-refractivity contribution < 1.29 is 52.3 Å². The predicted octanol–water partition coefficient (Wildman–Crippen LogP) is 7.12. The molecule has 3 aromatic carbocycles. The minimum atomic E-state index is -0.718. The van der Waals surface area contributed by atoms with Gasteiger partial charge >= 0.3 is 12.1 Å². The molecule has 15 nitrogen and oxygen atoms in total. The second-order valence-electron chi connectivity index (χ2n) is 15.7. The molecular weight excluding hydrogens is 809 g/mol. The number of methoxy groups -OCH3 is 1. The second-order valence-corrected chi connectivity index (χ2v) is 15.7. The topological polar surface area (TPSA) is 173 Å². The average molecular weight is 873 g/mol. The molecule has 2 N–H and O–H groups in total. The number of nitrogens with zero attached hydrogens (tertiary/aromatic N) is 2. The number of pyridine rings is 1. The number of anilines is 1. The number of aryl methyl sites for hydroxylation is 1. The number of esters is 1. The predicted molar refractivity (Wildman–Crippen MR) is 241 cm³/mol. The van der Waals surface area contributed by atoms with Crippen LogP contribution >= 0.6 is 0 Å². The number of amides is 3. The molecule has 0 aliphatic rings. The molecule has 4 aromatic rings. The first-order chi connectivity index (χ1) is 30.4. The maximum absolute atomic E-state index is 13.1. The zero-order valence-electron chi connectivity index (χ0n) is 37.6. The van der Waals surface area contributed by atoms with E-state index in [1.165, 1.54) is 12.0 Å². The molecule has 15 heteroatoms. The molecule has 1 atom stereocenters. The van der Waals surface area contributed by atoms with Gasteiger partial charge in [-0.3, -0.25) is 19.3 Å². The number of aromatic nitrogens is 1. The molecule has 1 aromatic heterocycles. The Morgan fingerprint density at radius 1 is 0.762 bits per heavy atom. The van der Waals surface area contributed by atoms with E-state index >= 15 is 0 Å². The van der Waals surface area contributed by atoms with Crippen molar-refractivity contribution in [2.75, 3.05) is 84.6 Å². The molecule has 0 saturated carbocycles. The van der Waals surface area contributed by atoms with E-state index < -0.39 is 29.6 Å². The van der Waals surface area contributed by atoms with Crippen LogP contribution in [0, 0.1) is 6.92 Å². The highest BCUT2D eigenvalue weighted by molar-refractivity contribution is 6.00. The number of carbonyl (C=O) groups excluding carboxylic acids is 4. The van der Waals surface area contributed by atoms with E-state index in [2.05, 4.69) is 22.5 Å². The fraction of sp³-hybridized carbons (Fsp3) is 0.479. The molecule has 63 heavy (non-hydrogen) atoms. The lowest BCUT2D eigenvalue weighted by atomic mass is 9.95. The van der Waals surface area contributed by atoms with Gasteiger partial charge in [0.05, 0.1) is 72.4 Å². The van der Waals surface area contributed by atoms with Gasteiger partial charge in [-0.15, -0.1) is 0 Å². The Morgan fingerprint density at radius 2 is 1.40 bits per heavy atom. The summed E-state index contributed by atoms with van der Waals surface area (Å²) in [5.74, 6) is -0.202. The van der Waals surface area contributed by atoms with Crippen LogP contribution in [0.1, 0.15) is 70.5 Å². The van der Waals surface area contributed by atoms with Crippen LogP contribution in [-0.4, -0.2) is 114 Å². The highest BCUT2D eigenvalue weighted by Crippen LogP contribution is 2.35. The van der Waals surface area contributed by atoms with Gasteiger partial charge in [0.2, 0.25) is 11.8 Å². The SMILES string of the molecule is CCCOCCOCCOCCOCCOc1ccc(-c2ccc(C(CC(=O)OC)NC(=O)CNC(=O)CCCN(C(=O)OC(C)(C)C)c3cc(C)ccn3)cc2)c2ccccc12. The van der Waals surface area contributed by atoms with Crippen molar-refractivity contribution in [3.63, 3.8) is 0 Å². The smallest absolute Gasteiger partial charge is 0.416 e. The number of fused-ring (bicyclic) bond motifs is 1. The Bertz CT molecular complexity index is 2040. The van der Waals surface area contributed by atoms with Crippen molar-refractivity contribution in [3.8, 4) is 16.9 Å². The van der Waals surface area contributed by atoms with Crippen LogP contribution in [0.5, 0.6) is 5.75 Å². The lowest BCUT2D eigenvalue weighted by Crippen LogP contribution is -2.40. The van der Waals surface area contributed by atoms with Crippen LogP contribution in [0.25, 0.3) is 21.9 Å². The Balaban J connectivity index is 1.27. The Hall–Kier alpha value is -5.61. The molecule has 342 valence electrons. The first kappa shape index (κ1) is 50.0. The van der Waals surface area contributed by atoms with Crippen LogP contribution in [0.3, 0.4) is 0 Å². The number of ether oxygens (including phenoxy) is 7. The molecule has 4 rings (SSSR count). The Morgan fingerprint density at radius 3 is 2.02 bits per heavy atom. The van der Waals surface area contributed by atoms with Gasteiger partial charge in [0.15, 0.2) is 0 Å². The standard InChI is InChI=1S/C48H64N4O11/c1-7-23-58-24-25-59-26-27-60-28-29-61-30-31-62-42-19-18-38(39-11-8-9-12-40(39)42)36-14-16-37(17-15-36)41(33-46(55)57-6)51-45(54)34-50-44(53)13-10-22-52(47(56)63-48(3,4)5)43-32-35(2)20-21-49-43/h8-9,11-12,14-21,32,41H,7,10,13,22-31,33-34H2,1-6H3,(H,50,53)(H,51,54). The first-order valence-corrected chi connectivity index (χ1v) is 21.5.